The normalized spacial score (nSPS) is 18.1. The van der Waals surface area contributed by atoms with E-state index in [-0.39, 0.29) is 5.92 Å². The standard InChI is InChI=1S/C28H31BN4O2/c1-7-9-12-21(8-2)26-27-17(3)22(15-30)19(5)32(27)29(34-24-13-10-11-14-25(24)35-29)33-20(6)23(16-31)18(4)28(26)33/h10-11,13-14,21H,7-9,12H2,1-6H3. The Hall–Kier alpha value is -3.71. The number of fused-ring (bicyclic) bond motifs is 5. The van der Waals surface area contributed by atoms with Gasteiger partial charge in [0.15, 0.2) is 11.4 Å². The summed E-state index contributed by atoms with van der Waals surface area (Å²) in [4.78, 5) is 0. The lowest BCUT2D eigenvalue weighted by Crippen LogP contribution is -2.65. The Morgan fingerprint density at radius 1 is 1.03 bits per heavy atom. The molecule has 178 valence electrons. The zero-order valence-electron chi connectivity index (χ0n) is 21.4. The fourth-order valence-electron chi connectivity index (χ4n) is 6.35. The van der Waals surface area contributed by atoms with Gasteiger partial charge in [-0.2, -0.15) is 10.5 Å². The number of allylic oxidation sites excluding steroid dienone is 3. The topological polar surface area (TPSA) is 74.0 Å². The Morgan fingerprint density at radius 3 is 2.23 bits per heavy atom. The van der Waals surface area contributed by atoms with E-state index in [1.165, 1.54) is 5.57 Å². The molecule has 35 heavy (non-hydrogen) atoms. The fourth-order valence-corrected chi connectivity index (χ4v) is 6.35. The van der Waals surface area contributed by atoms with Crippen LogP contribution in [0.3, 0.4) is 0 Å². The minimum Gasteiger partial charge on any atom is -0.599 e. The van der Waals surface area contributed by atoms with E-state index >= 15 is 0 Å². The van der Waals surface area contributed by atoms with Crippen LogP contribution in [0, 0.1) is 42.4 Å². The van der Waals surface area contributed by atoms with E-state index in [0.29, 0.717) is 22.6 Å². The number of hydrogen-bond donors (Lipinski definition) is 0. The van der Waals surface area contributed by atoms with Crippen LogP contribution in [0.25, 0.3) is 5.57 Å². The van der Waals surface area contributed by atoms with Crippen molar-refractivity contribution in [2.75, 3.05) is 0 Å². The molecule has 0 N–H and O–H groups in total. The molecule has 1 unspecified atom stereocenters. The van der Waals surface area contributed by atoms with Crippen LogP contribution in [0.4, 0.5) is 0 Å². The highest BCUT2D eigenvalue weighted by atomic mass is 16.7. The highest BCUT2D eigenvalue weighted by molar-refractivity contribution is 6.62. The van der Waals surface area contributed by atoms with Crippen LogP contribution in [0.5, 0.6) is 11.5 Å². The highest BCUT2D eigenvalue weighted by Gasteiger charge is 2.64. The number of nitriles is 2. The molecule has 1 aromatic heterocycles. The highest BCUT2D eigenvalue weighted by Crippen LogP contribution is 2.51. The monoisotopic (exact) mass is 466 g/mol. The summed E-state index contributed by atoms with van der Waals surface area (Å²) in [5, 5.41) is 20.3. The summed E-state index contributed by atoms with van der Waals surface area (Å²) in [7, 11) is 0. The van der Waals surface area contributed by atoms with E-state index in [4.69, 9.17) is 9.31 Å². The third-order valence-corrected chi connectivity index (χ3v) is 7.99. The minimum absolute atomic E-state index is 0.281. The fraction of sp³-hybridized carbons (Fsp3) is 0.393. The quantitative estimate of drug-likeness (QED) is 0.507. The van der Waals surface area contributed by atoms with Crippen molar-refractivity contribution in [3.63, 3.8) is 0 Å². The Morgan fingerprint density at radius 2 is 1.69 bits per heavy atom. The third kappa shape index (κ3) is 2.91. The van der Waals surface area contributed by atoms with Gasteiger partial charge in [0.2, 0.25) is 0 Å². The maximum absolute atomic E-state index is 10.1. The van der Waals surface area contributed by atoms with Crippen LogP contribution in [0.15, 0.2) is 41.1 Å². The zero-order chi connectivity index (χ0) is 25.1. The number of benzene rings is 1. The second-order valence-electron chi connectivity index (χ2n) is 9.81. The van der Waals surface area contributed by atoms with E-state index in [0.717, 1.165) is 59.6 Å². The molecule has 4 heterocycles. The average Bonchev–Trinajstić information content (AvgIpc) is 3.44. The summed E-state index contributed by atoms with van der Waals surface area (Å²) in [6.45, 7) is 10.1. The zero-order valence-corrected chi connectivity index (χ0v) is 21.4. The van der Waals surface area contributed by atoms with Gasteiger partial charge in [0.05, 0.1) is 5.56 Å². The van der Waals surface area contributed by atoms with Gasteiger partial charge in [-0.25, -0.2) is 0 Å². The first-order chi connectivity index (χ1) is 16.9. The molecule has 0 saturated carbocycles. The Bertz CT molecular complexity index is 1420. The van der Waals surface area contributed by atoms with Crippen LogP contribution in [0.2, 0.25) is 0 Å². The van der Waals surface area contributed by atoms with Gasteiger partial charge in [0, 0.05) is 29.5 Å². The number of para-hydroxylation sites is 2. The van der Waals surface area contributed by atoms with Gasteiger partial charge < -0.3 is 18.3 Å². The lowest BCUT2D eigenvalue weighted by Gasteiger charge is -2.40. The van der Waals surface area contributed by atoms with Crippen molar-refractivity contribution in [3.8, 4) is 23.6 Å². The molecule has 0 aliphatic carbocycles. The van der Waals surface area contributed by atoms with Crippen LogP contribution in [-0.2, 0) is 0 Å². The third-order valence-electron chi connectivity index (χ3n) is 7.99. The Kier molecular flexibility index (Phi) is 5.40. The van der Waals surface area contributed by atoms with Crippen LogP contribution in [0.1, 0.15) is 75.9 Å². The largest absolute Gasteiger partial charge is 0.780 e. The number of aromatic nitrogens is 1. The van der Waals surface area contributed by atoms with Gasteiger partial charge in [-0.05, 0) is 57.2 Å². The van der Waals surface area contributed by atoms with Crippen molar-refractivity contribution in [2.24, 2.45) is 5.92 Å². The molecule has 7 heteroatoms. The number of hydrogen-bond acceptors (Lipinski definition) is 4. The molecule has 2 aromatic rings. The first kappa shape index (κ1) is 23.1. The van der Waals surface area contributed by atoms with E-state index < -0.39 is 6.82 Å². The Labute approximate surface area is 207 Å². The molecule has 1 atom stereocenters. The van der Waals surface area contributed by atoms with Crippen molar-refractivity contribution < 1.29 is 13.8 Å². The molecule has 5 rings (SSSR count). The van der Waals surface area contributed by atoms with Crippen molar-refractivity contribution in [3.05, 3.63) is 63.6 Å². The summed E-state index contributed by atoms with van der Waals surface area (Å²) in [5.41, 5.74) is 8.07. The maximum atomic E-state index is 10.1. The molecular weight excluding hydrogens is 435 g/mol. The summed E-state index contributed by atoms with van der Waals surface area (Å²) in [5.74, 6) is 1.61. The van der Waals surface area contributed by atoms with Crippen molar-refractivity contribution in [2.45, 2.75) is 67.2 Å². The van der Waals surface area contributed by atoms with Gasteiger partial charge >= 0.3 is 6.82 Å². The van der Waals surface area contributed by atoms with E-state index in [1.807, 2.05) is 52.0 Å². The van der Waals surface area contributed by atoms with Gasteiger partial charge in [-0.1, -0.05) is 38.8 Å². The number of nitrogens with zero attached hydrogens (tertiary/aromatic N) is 4. The SMILES string of the molecule is CCCCC(CC)C1=C2C(C)=C(C#N)C(C)=[N+]2[B-]2(Oc3ccccc3O2)n2c(C)c(C#N)c(C)c21. The predicted octanol–water partition coefficient (Wildman–Crippen LogP) is 6.00. The molecule has 0 fully saturated rings. The van der Waals surface area contributed by atoms with Crippen molar-refractivity contribution >= 4 is 18.1 Å². The average molecular weight is 466 g/mol. The van der Waals surface area contributed by atoms with Gasteiger partial charge in [0.1, 0.15) is 29.2 Å². The summed E-state index contributed by atoms with van der Waals surface area (Å²) >= 11 is 0. The molecule has 6 nitrogen and oxygen atoms in total. The minimum atomic E-state index is -2.30. The summed E-state index contributed by atoms with van der Waals surface area (Å²) < 4.78 is 17.8. The molecule has 3 aliphatic heterocycles. The number of rotatable bonds is 5. The first-order valence-corrected chi connectivity index (χ1v) is 12.6. The van der Waals surface area contributed by atoms with Crippen molar-refractivity contribution in [1.29, 1.82) is 10.5 Å². The molecule has 0 bridgehead atoms. The van der Waals surface area contributed by atoms with Gasteiger partial charge in [-0.3, -0.25) is 0 Å². The second kappa shape index (κ2) is 8.20. The van der Waals surface area contributed by atoms with Gasteiger partial charge in [-0.15, -0.1) is 0 Å². The smallest absolute Gasteiger partial charge is 0.599 e. The second-order valence-corrected chi connectivity index (χ2v) is 9.81. The molecule has 0 saturated heterocycles. The molecule has 0 amide bonds. The lowest BCUT2D eigenvalue weighted by molar-refractivity contribution is -0.370. The first-order valence-electron chi connectivity index (χ1n) is 12.6. The summed E-state index contributed by atoms with van der Waals surface area (Å²) in [6.07, 6.45) is 4.24. The molecule has 1 spiro atoms. The van der Waals surface area contributed by atoms with Crippen molar-refractivity contribution in [1.82, 2.24) is 4.48 Å². The van der Waals surface area contributed by atoms with Gasteiger partial charge in [0.25, 0.3) is 0 Å². The predicted molar refractivity (Wildman–Crippen MR) is 137 cm³/mol. The summed E-state index contributed by atoms with van der Waals surface area (Å²) in [6, 6.07) is 12.6. The Balaban J connectivity index is 1.93. The van der Waals surface area contributed by atoms with Crippen LogP contribution in [-0.4, -0.2) is 21.5 Å². The molecular formula is C28H31BN4O2. The van der Waals surface area contributed by atoms with Crippen LogP contribution >= 0.6 is 0 Å². The van der Waals surface area contributed by atoms with Crippen LogP contribution < -0.4 is 9.31 Å². The lowest BCUT2D eigenvalue weighted by atomic mass is 9.75. The maximum Gasteiger partial charge on any atom is 0.780 e. The van der Waals surface area contributed by atoms with E-state index in [2.05, 4.69) is 35.0 Å². The molecule has 3 aliphatic rings. The molecule has 0 radical (unpaired) electrons. The van der Waals surface area contributed by atoms with E-state index in [9.17, 15) is 10.5 Å². The number of unbranched alkanes of at least 4 members (excludes halogenated alkanes) is 1. The molecule has 1 aromatic carbocycles. The van der Waals surface area contributed by atoms with E-state index in [1.54, 1.807) is 0 Å².